The number of nitrogens with zero attached hydrogens (tertiary/aromatic N) is 1. The standard InChI is InChI=1S/C21H25NO4S/c1-24-18-5-3-4-17(20(18)25-2)21-22-16(12-27-21)11-26-19(23)10-15-9-13-6-7-14(15)8-13/h3-5,12-15H,6-11H2,1-2H3/t13-,14+,15+/m0/s1. The monoisotopic (exact) mass is 387 g/mol. The Labute approximate surface area is 163 Å². The SMILES string of the molecule is COc1cccc(-c2nc(COC(=O)C[C@H]3C[C@H]4CC[C@@H]3C4)cs2)c1OC. The van der Waals surface area contributed by atoms with E-state index in [-0.39, 0.29) is 12.6 Å². The van der Waals surface area contributed by atoms with Crippen molar-refractivity contribution in [1.82, 2.24) is 4.98 Å². The molecule has 1 aromatic heterocycles. The molecule has 27 heavy (non-hydrogen) atoms. The van der Waals surface area contributed by atoms with Crippen LogP contribution in [0.15, 0.2) is 23.6 Å². The van der Waals surface area contributed by atoms with Gasteiger partial charge >= 0.3 is 5.97 Å². The molecule has 144 valence electrons. The third kappa shape index (κ3) is 3.81. The number of thiazole rings is 1. The van der Waals surface area contributed by atoms with Crippen LogP contribution in [0.4, 0.5) is 0 Å². The minimum absolute atomic E-state index is 0.0962. The number of carbonyl (C=O) groups excluding carboxylic acids is 1. The first-order chi connectivity index (χ1) is 13.2. The van der Waals surface area contributed by atoms with Gasteiger partial charge in [0, 0.05) is 11.8 Å². The van der Waals surface area contributed by atoms with Gasteiger partial charge in [-0.2, -0.15) is 0 Å². The lowest BCUT2D eigenvalue weighted by molar-refractivity contribution is -0.146. The molecule has 4 rings (SSSR count). The normalized spacial score (nSPS) is 23.4. The number of ether oxygens (including phenoxy) is 3. The lowest BCUT2D eigenvalue weighted by Crippen LogP contribution is -2.17. The van der Waals surface area contributed by atoms with Crippen LogP contribution in [0.5, 0.6) is 11.5 Å². The zero-order chi connectivity index (χ0) is 18.8. The van der Waals surface area contributed by atoms with E-state index in [4.69, 9.17) is 14.2 Å². The van der Waals surface area contributed by atoms with Crippen LogP contribution in [0.25, 0.3) is 10.6 Å². The van der Waals surface area contributed by atoms with Crippen molar-refractivity contribution in [2.75, 3.05) is 14.2 Å². The minimum atomic E-state index is -0.0962. The summed E-state index contributed by atoms with van der Waals surface area (Å²) >= 11 is 1.51. The first kappa shape index (κ1) is 18.3. The van der Waals surface area contributed by atoms with Crippen LogP contribution in [0.3, 0.4) is 0 Å². The molecule has 6 heteroatoms. The Bertz CT molecular complexity index is 818. The average Bonchev–Trinajstić information content (AvgIpc) is 3.42. The average molecular weight is 388 g/mol. The molecule has 2 saturated carbocycles. The highest BCUT2D eigenvalue weighted by Crippen LogP contribution is 2.49. The predicted molar refractivity (Wildman–Crippen MR) is 104 cm³/mol. The van der Waals surface area contributed by atoms with Crippen LogP contribution in [0, 0.1) is 17.8 Å². The lowest BCUT2D eigenvalue weighted by Gasteiger charge is -2.20. The molecule has 2 aliphatic carbocycles. The largest absolute Gasteiger partial charge is 0.493 e. The first-order valence-electron chi connectivity index (χ1n) is 9.49. The van der Waals surface area contributed by atoms with E-state index in [9.17, 15) is 4.79 Å². The van der Waals surface area contributed by atoms with Gasteiger partial charge in [-0.05, 0) is 49.1 Å². The molecule has 2 bridgehead atoms. The fourth-order valence-electron chi connectivity index (χ4n) is 4.61. The van der Waals surface area contributed by atoms with Crippen LogP contribution in [0.1, 0.15) is 37.8 Å². The van der Waals surface area contributed by atoms with Crippen LogP contribution in [-0.4, -0.2) is 25.2 Å². The molecule has 3 atom stereocenters. The zero-order valence-electron chi connectivity index (χ0n) is 15.8. The third-order valence-corrected chi connectivity index (χ3v) is 6.80. The maximum atomic E-state index is 12.2. The molecule has 0 spiro atoms. The molecule has 2 fully saturated rings. The first-order valence-corrected chi connectivity index (χ1v) is 10.4. The van der Waals surface area contributed by atoms with Gasteiger partial charge in [0.05, 0.1) is 25.5 Å². The topological polar surface area (TPSA) is 57.7 Å². The van der Waals surface area contributed by atoms with Crippen molar-refractivity contribution < 1.29 is 19.0 Å². The summed E-state index contributed by atoms with van der Waals surface area (Å²) in [7, 11) is 3.23. The molecule has 2 aromatic rings. The minimum Gasteiger partial charge on any atom is -0.493 e. The Kier molecular flexibility index (Phi) is 5.34. The predicted octanol–water partition coefficient (Wildman–Crippen LogP) is 4.70. The second kappa shape index (κ2) is 7.89. The van der Waals surface area contributed by atoms with Gasteiger partial charge in [0.1, 0.15) is 11.6 Å². The van der Waals surface area contributed by atoms with E-state index >= 15 is 0 Å². The molecule has 0 aliphatic heterocycles. The fourth-order valence-corrected chi connectivity index (χ4v) is 5.43. The van der Waals surface area contributed by atoms with Gasteiger partial charge < -0.3 is 14.2 Å². The van der Waals surface area contributed by atoms with Gasteiger partial charge in [0.2, 0.25) is 0 Å². The van der Waals surface area contributed by atoms with Crippen molar-refractivity contribution >= 4 is 17.3 Å². The highest BCUT2D eigenvalue weighted by molar-refractivity contribution is 7.13. The maximum absolute atomic E-state index is 12.2. The van der Waals surface area contributed by atoms with Crippen molar-refractivity contribution in [1.29, 1.82) is 0 Å². The quantitative estimate of drug-likeness (QED) is 0.645. The second-order valence-electron chi connectivity index (χ2n) is 7.48. The highest BCUT2D eigenvalue weighted by atomic mass is 32.1. The molecular formula is C21H25NO4S. The van der Waals surface area contributed by atoms with Gasteiger partial charge in [0.15, 0.2) is 11.5 Å². The zero-order valence-corrected chi connectivity index (χ0v) is 16.6. The van der Waals surface area contributed by atoms with Crippen LogP contribution < -0.4 is 9.47 Å². The smallest absolute Gasteiger partial charge is 0.306 e. The fraction of sp³-hybridized carbons (Fsp3) is 0.524. The number of carbonyl (C=O) groups is 1. The van der Waals surface area contributed by atoms with E-state index in [1.165, 1.54) is 37.0 Å². The van der Waals surface area contributed by atoms with E-state index in [1.54, 1.807) is 14.2 Å². The van der Waals surface area contributed by atoms with Crippen LogP contribution in [-0.2, 0) is 16.1 Å². The lowest BCUT2D eigenvalue weighted by atomic mass is 9.86. The van der Waals surface area contributed by atoms with Crippen molar-refractivity contribution in [3.05, 3.63) is 29.3 Å². The summed E-state index contributed by atoms with van der Waals surface area (Å²) in [6, 6.07) is 5.71. The van der Waals surface area contributed by atoms with Gasteiger partial charge in [-0.25, -0.2) is 4.98 Å². The number of hydrogen-bond donors (Lipinski definition) is 0. The second-order valence-corrected chi connectivity index (χ2v) is 8.34. The van der Waals surface area contributed by atoms with Gasteiger partial charge in [-0.1, -0.05) is 12.5 Å². The summed E-state index contributed by atoms with van der Waals surface area (Å²) in [5.41, 5.74) is 1.64. The summed E-state index contributed by atoms with van der Waals surface area (Å²) < 4.78 is 16.3. The Morgan fingerprint density at radius 2 is 2.11 bits per heavy atom. The van der Waals surface area contributed by atoms with Gasteiger partial charge in [0.25, 0.3) is 0 Å². The van der Waals surface area contributed by atoms with Crippen LogP contribution in [0.2, 0.25) is 0 Å². The molecular weight excluding hydrogens is 362 g/mol. The number of para-hydroxylation sites is 1. The number of aromatic nitrogens is 1. The number of esters is 1. The summed E-state index contributed by atoms with van der Waals surface area (Å²) in [6.45, 7) is 0.225. The summed E-state index contributed by atoms with van der Waals surface area (Å²) in [5, 5.41) is 2.75. The summed E-state index contributed by atoms with van der Waals surface area (Å²) in [6.07, 6.45) is 5.72. The molecule has 0 radical (unpaired) electrons. The Morgan fingerprint density at radius 3 is 2.81 bits per heavy atom. The summed E-state index contributed by atoms with van der Waals surface area (Å²) in [5.74, 6) is 3.36. The van der Waals surface area contributed by atoms with Crippen molar-refractivity contribution in [2.45, 2.75) is 38.7 Å². The van der Waals surface area contributed by atoms with Crippen molar-refractivity contribution in [3.63, 3.8) is 0 Å². The van der Waals surface area contributed by atoms with E-state index < -0.39 is 0 Å². The van der Waals surface area contributed by atoms with Crippen LogP contribution >= 0.6 is 11.3 Å². The molecule has 0 N–H and O–H groups in total. The van der Waals surface area contributed by atoms with E-state index in [2.05, 4.69) is 4.98 Å². The van der Waals surface area contributed by atoms with Gasteiger partial charge in [-0.15, -0.1) is 11.3 Å². The molecule has 1 aromatic carbocycles. The van der Waals surface area contributed by atoms with Gasteiger partial charge in [-0.3, -0.25) is 4.79 Å². The van der Waals surface area contributed by atoms with E-state index in [1.807, 2.05) is 23.6 Å². The van der Waals surface area contributed by atoms with E-state index in [0.29, 0.717) is 23.8 Å². The Morgan fingerprint density at radius 1 is 1.22 bits per heavy atom. The number of rotatable bonds is 7. The number of fused-ring (bicyclic) bond motifs is 2. The Hall–Kier alpha value is -2.08. The van der Waals surface area contributed by atoms with E-state index in [0.717, 1.165) is 28.1 Å². The number of hydrogen-bond acceptors (Lipinski definition) is 6. The molecule has 5 nitrogen and oxygen atoms in total. The maximum Gasteiger partial charge on any atom is 0.306 e. The number of benzene rings is 1. The number of methoxy groups -OCH3 is 2. The van der Waals surface area contributed by atoms with Crippen molar-refractivity contribution in [2.24, 2.45) is 17.8 Å². The molecule has 0 saturated heterocycles. The molecule has 0 unspecified atom stereocenters. The molecule has 0 amide bonds. The summed E-state index contributed by atoms with van der Waals surface area (Å²) in [4.78, 5) is 16.8. The third-order valence-electron chi connectivity index (χ3n) is 5.88. The van der Waals surface area contributed by atoms with Crippen molar-refractivity contribution in [3.8, 4) is 22.1 Å². The highest BCUT2D eigenvalue weighted by Gasteiger charge is 2.40. The molecule has 2 aliphatic rings. The molecule has 1 heterocycles. The Balaban J connectivity index is 1.36.